The quantitative estimate of drug-likeness (QED) is 0.632. The number of hydrogen-bond acceptors (Lipinski definition) is 6. The summed E-state index contributed by atoms with van der Waals surface area (Å²) in [5.74, 6) is -0.328. The van der Waals surface area contributed by atoms with Gasteiger partial charge in [0.15, 0.2) is 0 Å². The number of aromatic nitrogens is 2. The van der Waals surface area contributed by atoms with Crippen LogP contribution in [0.4, 0.5) is 4.79 Å². The molecule has 6 nitrogen and oxygen atoms in total. The lowest BCUT2D eigenvalue weighted by Crippen LogP contribution is -2.49. The first-order valence-electron chi connectivity index (χ1n) is 8.29. The van der Waals surface area contributed by atoms with Crippen LogP contribution in [0.1, 0.15) is 44.6 Å². The Labute approximate surface area is 155 Å². The van der Waals surface area contributed by atoms with Crippen molar-refractivity contribution in [1.82, 2.24) is 20.6 Å². The van der Waals surface area contributed by atoms with Crippen molar-refractivity contribution >= 4 is 45.3 Å². The van der Waals surface area contributed by atoms with Gasteiger partial charge in [-0.2, -0.15) is 0 Å². The van der Waals surface area contributed by atoms with E-state index in [2.05, 4.69) is 20.6 Å². The number of carbonyl (C=O) groups excluding carboxylic acids is 2. The van der Waals surface area contributed by atoms with Crippen molar-refractivity contribution in [3.8, 4) is 0 Å². The van der Waals surface area contributed by atoms with Gasteiger partial charge in [-0.25, -0.2) is 14.8 Å². The van der Waals surface area contributed by atoms with Crippen molar-refractivity contribution in [3.05, 3.63) is 16.8 Å². The van der Waals surface area contributed by atoms with Crippen LogP contribution in [0, 0.1) is 0 Å². The maximum Gasteiger partial charge on any atom is 0.321 e. The third-order valence-electron chi connectivity index (χ3n) is 3.85. The third kappa shape index (κ3) is 4.12. The predicted molar refractivity (Wildman–Crippen MR) is 101 cm³/mol. The van der Waals surface area contributed by atoms with E-state index in [1.54, 1.807) is 24.6 Å². The number of thioether (sulfide) groups is 1. The van der Waals surface area contributed by atoms with Crippen LogP contribution in [-0.2, 0) is 17.6 Å². The average molecular weight is 379 g/mol. The summed E-state index contributed by atoms with van der Waals surface area (Å²) in [5, 5.41) is 6.60. The largest absolute Gasteiger partial charge is 0.333 e. The van der Waals surface area contributed by atoms with Crippen LogP contribution in [0.25, 0.3) is 10.2 Å². The fraction of sp³-hybridized carbons (Fsp3) is 0.529. The van der Waals surface area contributed by atoms with E-state index in [0.717, 1.165) is 28.1 Å². The van der Waals surface area contributed by atoms with Crippen LogP contribution >= 0.6 is 23.1 Å². The van der Waals surface area contributed by atoms with E-state index in [1.165, 1.54) is 28.6 Å². The Bertz CT molecular complexity index is 826. The monoisotopic (exact) mass is 378 g/mol. The molecule has 1 aliphatic carbocycles. The third-order valence-corrected chi connectivity index (χ3v) is 6.15. The highest BCUT2D eigenvalue weighted by Crippen LogP contribution is 2.40. The lowest BCUT2D eigenvalue weighted by atomic mass is 10.1. The van der Waals surface area contributed by atoms with Gasteiger partial charge >= 0.3 is 6.03 Å². The molecule has 0 bridgehead atoms. The lowest BCUT2D eigenvalue weighted by Gasteiger charge is -2.21. The Balaban J connectivity index is 1.73. The molecule has 2 aromatic heterocycles. The number of rotatable bonds is 3. The zero-order chi connectivity index (χ0) is 18.2. The molecular weight excluding hydrogens is 356 g/mol. The fourth-order valence-corrected chi connectivity index (χ4v) is 5.04. The molecule has 1 aliphatic rings. The van der Waals surface area contributed by atoms with Gasteiger partial charge in [0.05, 0.1) is 5.25 Å². The summed E-state index contributed by atoms with van der Waals surface area (Å²) in [6, 6.07) is -0.478. The van der Waals surface area contributed by atoms with Gasteiger partial charge in [-0.05, 0) is 52.5 Å². The number of imide groups is 1. The Hall–Kier alpha value is -1.67. The van der Waals surface area contributed by atoms with E-state index < -0.39 is 16.8 Å². The first kappa shape index (κ1) is 18.1. The second-order valence-electron chi connectivity index (χ2n) is 7.17. The summed E-state index contributed by atoms with van der Waals surface area (Å²) in [5.41, 5.74) is 0.942. The molecule has 1 atom stereocenters. The molecule has 3 amide bonds. The fourth-order valence-electron chi connectivity index (χ4n) is 2.80. The van der Waals surface area contributed by atoms with Gasteiger partial charge < -0.3 is 5.32 Å². The molecule has 0 aliphatic heterocycles. The van der Waals surface area contributed by atoms with Gasteiger partial charge in [-0.3, -0.25) is 10.1 Å². The maximum atomic E-state index is 12.3. The van der Waals surface area contributed by atoms with Crippen molar-refractivity contribution in [3.63, 3.8) is 0 Å². The van der Waals surface area contributed by atoms with Crippen molar-refractivity contribution in [2.24, 2.45) is 0 Å². The molecule has 0 saturated carbocycles. The number of urea groups is 1. The molecule has 2 N–H and O–H groups in total. The molecule has 0 unspecified atom stereocenters. The second-order valence-corrected chi connectivity index (χ2v) is 9.58. The van der Waals surface area contributed by atoms with Crippen LogP contribution in [-0.4, -0.2) is 32.7 Å². The molecule has 0 spiro atoms. The molecule has 3 rings (SSSR count). The minimum absolute atomic E-state index is 0.328. The van der Waals surface area contributed by atoms with E-state index in [-0.39, 0.29) is 5.91 Å². The summed E-state index contributed by atoms with van der Waals surface area (Å²) in [6.45, 7) is 7.38. The van der Waals surface area contributed by atoms with Crippen molar-refractivity contribution in [2.75, 3.05) is 0 Å². The summed E-state index contributed by atoms with van der Waals surface area (Å²) in [6.07, 6.45) is 4.86. The lowest BCUT2D eigenvalue weighted by molar-refractivity contribution is -0.119. The Morgan fingerprint density at radius 3 is 2.76 bits per heavy atom. The number of thiophene rings is 1. The molecule has 2 aromatic rings. The zero-order valence-corrected chi connectivity index (χ0v) is 16.4. The summed E-state index contributed by atoms with van der Waals surface area (Å²) in [4.78, 5) is 35.3. The topological polar surface area (TPSA) is 84.0 Å². The first-order chi connectivity index (χ1) is 11.7. The maximum absolute atomic E-state index is 12.3. The summed E-state index contributed by atoms with van der Waals surface area (Å²) >= 11 is 3.10. The second kappa shape index (κ2) is 6.92. The van der Waals surface area contributed by atoms with Gasteiger partial charge in [-0.15, -0.1) is 11.3 Å². The average Bonchev–Trinajstić information content (AvgIpc) is 3.05. The van der Waals surface area contributed by atoms with E-state index >= 15 is 0 Å². The normalized spacial score (nSPS) is 15.0. The molecular formula is C17H22N4O2S2. The van der Waals surface area contributed by atoms with Gasteiger partial charge in [0.25, 0.3) is 0 Å². The van der Waals surface area contributed by atoms with Gasteiger partial charge in [0.1, 0.15) is 16.2 Å². The van der Waals surface area contributed by atoms with Gasteiger partial charge in [0, 0.05) is 15.8 Å². The van der Waals surface area contributed by atoms with Crippen LogP contribution in [0.3, 0.4) is 0 Å². The molecule has 0 radical (unpaired) electrons. The zero-order valence-electron chi connectivity index (χ0n) is 14.8. The molecule has 8 heteroatoms. The van der Waals surface area contributed by atoms with E-state index in [1.807, 2.05) is 20.8 Å². The minimum atomic E-state index is -0.478. The number of aryl methyl sites for hydroxylation is 2. The van der Waals surface area contributed by atoms with Crippen molar-refractivity contribution in [1.29, 1.82) is 0 Å². The number of fused-ring (bicyclic) bond motifs is 3. The number of hydrogen-bond donors (Lipinski definition) is 2. The molecule has 134 valence electrons. The number of nitrogens with zero attached hydrogens (tertiary/aromatic N) is 2. The smallest absolute Gasteiger partial charge is 0.321 e. The van der Waals surface area contributed by atoms with Crippen LogP contribution < -0.4 is 10.6 Å². The van der Waals surface area contributed by atoms with Crippen molar-refractivity contribution in [2.45, 2.75) is 62.8 Å². The standard InChI is InChI=1S/C17H22N4O2S2/c1-9(13(22)20-16(23)21-17(2,3)4)24-14-12-10-6-5-7-11(10)25-15(12)19-8-18-14/h8-9H,5-7H2,1-4H3,(H2,20,21,22,23)/t9-/m1/s1. The van der Waals surface area contributed by atoms with Gasteiger partial charge in [0.2, 0.25) is 5.91 Å². The SMILES string of the molecule is C[C@@H](Sc1ncnc2sc3c(c12)CCC3)C(=O)NC(=O)NC(C)(C)C. The molecule has 0 fully saturated rings. The Kier molecular flexibility index (Phi) is 5.02. The van der Waals surface area contributed by atoms with Crippen LogP contribution in [0.15, 0.2) is 11.4 Å². The highest BCUT2D eigenvalue weighted by atomic mass is 32.2. The number of carbonyl (C=O) groups is 2. The van der Waals surface area contributed by atoms with Gasteiger partial charge in [-0.1, -0.05) is 11.8 Å². The van der Waals surface area contributed by atoms with Crippen LogP contribution in [0.2, 0.25) is 0 Å². The highest BCUT2D eigenvalue weighted by molar-refractivity contribution is 8.00. The van der Waals surface area contributed by atoms with E-state index in [0.29, 0.717) is 0 Å². The molecule has 0 saturated heterocycles. The molecule has 2 heterocycles. The Morgan fingerprint density at radius 1 is 1.28 bits per heavy atom. The summed E-state index contributed by atoms with van der Waals surface area (Å²) < 4.78 is 0. The highest BCUT2D eigenvalue weighted by Gasteiger charge is 2.25. The van der Waals surface area contributed by atoms with Crippen molar-refractivity contribution < 1.29 is 9.59 Å². The molecule has 25 heavy (non-hydrogen) atoms. The number of nitrogens with one attached hydrogen (secondary N) is 2. The summed E-state index contributed by atoms with van der Waals surface area (Å²) in [7, 11) is 0. The number of amides is 3. The van der Waals surface area contributed by atoms with E-state index in [9.17, 15) is 9.59 Å². The first-order valence-corrected chi connectivity index (χ1v) is 9.99. The van der Waals surface area contributed by atoms with E-state index in [4.69, 9.17) is 0 Å². The predicted octanol–water partition coefficient (Wildman–Crippen LogP) is 3.28. The van der Waals surface area contributed by atoms with Crippen LogP contribution in [0.5, 0.6) is 0 Å². The molecule has 0 aromatic carbocycles. The minimum Gasteiger partial charge on any atom is -0.333 e. The Morgan fingerprint density at radius 2 is 2.04 bits per heavy atom.